The fourth-order valence-corrected chi connectivity index (χ4v) is 8.50. The fourth-order valence-electron chi connectivity index (χ4n) is 8.50. The van der Waals surface area contributed by atoms with E-state index >= 15 is 0 Å². The molecule has 0 atom stereocenters. The van der Waals surface area contributed by atoms with Crippen molar-refractivity contribution in [2.24, 2.45) is 0 Å². The van der Waals surface area contributed by atoms with Gasteiger partial charge in [-0.2, -0.15) is 0 Å². The normalized spacial score (nSPS) is 11.6. The first-order valence-corrected chi connectivity index (χ1v) is 18.8. The van der Waals surface area contributed by atoms with Crippen LogP contribution in [0, 0.1) is 0 Å². The maximum absolute atomic E-state index is 6.28. The molecule has 0 saturated heterocycles. The highest BCUT2D eigenvalue weighted by molar-refractivity contribution is 6.23. The molecule has 0 bridgehead atoms. The summed E-state index contributed by atoms with van der Waals surface area (Å²) in [6.45, 7) is 0. The van der Waals surface area contributed by atoms with E-state index in [1.165, 1.54) is 49.3 Å². The maximum atomic E-state index is 6.28. The minimum absolute atomic E-state index is 0.879. The minimum Gasteiger partial charge on any atom is -0.456 e. The summed E-state index contributed by atoms with van der Waals surface area (Å²) in [5, 5.41) is 7.13. The van der Waals surface area contributed by atoms with Gasteiger partial charge in [0.15, 0.2) is 0 Å². The van der Waals surface area contributed by atoms with Gasteiger partial charge in [0.2, 0.25) is 0 Å². The highest BCUT2D eigenvalue weighted by Crippen LogP contribution is 2.46. The number of hydrogen-bond donors (Lipinski definition) is 0. The lowest BCUT2D eigenvalue weighted by molar-refractivity contribution is 0.669. The van der Waals surface area contributed by atoms with Gasteiger partial charge in [-0.3, -0.25) is 0 Å². The predicted octanol–water partition coefficient (Wildman–Crippen LogP) is 14.6. The summed E-state index contributed by atoms with van der Waals surface area (Å²) < 4.78 is 8.70. The van der Waals surface area contributed by atoms with Crippen LogP contribution in [-0.2, 0) is 0 Å². The molecular formula is C52H34N2O. The molecule has 0 saturated carbocycles. The zero-order valence-corrected chi connectivity index (χ0v) is 29.9. The highest BCUT2D eigenvalue weighted by atomic mass is 16.3. The lowest BCUT2D eigenvalue weighted by atomic mass is 9.92. The molecule has 55 heavy (non-hydrogen) atoms. The molecule has 0 aliphatic rings. The van der Waals surface area contributed by atoms with Gasteiger partial charge in [0.25, 0.3) is 0 Å². The van der Waals surface area contributed by atoms with E-state index in [4.69, 9.17) is 4.42 Å². The Morgan fingerprint density at radius 1 is 0.364 bits per heavy atom. The van der Waals surface area contributed by atoms with Gasteiger partial charge in [0.05, 0.1) is 11.0 Å². The smallest absolute Gasteiger partial charge is 0.135 e. The van der Waals surface area contributed by atoms with Gasteiger partial charge in [-0.05, 0) is 106 Å². The molecule has 2 heterocycles. The Balaban J connectivity index is 1.18. The molecule has 11 rings (SSSR count). The summed E-state index contributed by atoms with van der Waals surface area (Å²) in [5.74, 6) is 0. The van der Waals surface area contributed by atoms with E-state index < -0.39 is 0 Å². The second kappa shape index (κ2) is 12.6. The molecule has 0 fully saturated rings. The lowest BCUT2D eigenvalue weighted by Crippen LogP contribution is -2.10. The predicted molar refractivity (Wildman–Crippen MR) is 231 cm³/mol. The van der Waals surface area contributed by atoms with Crippen LogP contribution < -0.4 is 4.90 Å². The molecular weight excluding hydrogens is 669 g/mol. The Morgan fingerprint density at radius 3 is 1.78 bits per heavy atom. The second-order valence-electron chi connectivity index (χ2n) is 14.1. The Hall–Kier alpha value is -7.36. The molecule has 0 amide bonds. The van der Waals surface area contributed by atoms with Gasteiger partial charge in [-0.1, -0.05) is 133 Å². The first-order chi connectivity index (χ1) is 27.3. The highest BCUT2D eigenvalue weighted by Gasteiger charge is 2.21. The van der Waals surface area contributed by atoms with Crippen LogP contribution in [-0.4, -0.2) is 4.57 Å². The second-order valence-corrected chi connectivity index (χ2v) is 14.1. The first-order valence-electron chi connectivity index (χ1n) is 18.8. The van der Waals surface area contributed by atoms with E-state index in [0.717, 1.165) is 50.3 Å². The van der Waals surface area contributed by atoms with Crippen LogP contribution in [0.1, 0.15) is 0 Å². The largest absolute Gasteiger partial charge is 0.456 e. The summed E-state index contributed by atoms with van der Waals surface area (Å²) in [7, 11) is 0. The van der Waals surface area contributed by atoms with E-state index in [9.17, 15) is 0 Å². The third-order valence-electron chi connectivity index (χ3n) is 10.9. The van der Waals surface area contributed by atoms with Crippen LogP contribution in [0.25, 0.3) is 82.5 Å². The Bertz CT molecular complexity index is 3210. The van der Waals surface area contributed by atoms with E-state index in [2.05, 4.69) is 204 Å². The number of benzene rings is 9. The number of anilines is 3. The molecule has 3 nitrogen and oxygen atoms in total. The van der Waals surface area contributed by atoms with Crippen LogP contribution in [0.15, 0.2) is 211 Å². The van der Waals surface area contributed by atoms with Crippen LogP contribution >= 0.6 is 0 Å². The van der Waals surface area contributed by atoms with Crippen molar-refractivity contribution in [1.82, 2.24) is 4.57 Å². The topological polar surface area (TPSA) is 21.3 Å². The summed E-state index contributed by atoms with van der Waals surface area (Å²) >= 11 is 0. The summed E-state index contributed by atoms with van der Waals surface area (Å²) in [6, 6.07) is 74.0. The molecule has 0 aliphatic heterocycles. The van der Waals surface area contributed by atoms with Crippen molar-refractivity contribution in [3.63, 3.8) is 0 Å². The summed E-state index contributed by atoms with van der Waals surface area (Å²) in [4.78, 5) is 2.38. The SMILES string of the molecule is c1ccc(-c2cccc(N(c3cccc(-c4c5ccccc5cc5c4c4ccccc4n5-c4ccccc4)c3)c3ccc4oc5ccccc5c4c3)c2)cc1. The number of nitrogens with zero attached hydrogens (tertiary/aromatic N) is 2. The number of rotatable bonds is 6. The fraction of sp³-hybridized carbons (Fsp3) is 0. The van der Waals surface area contributed by atoms with Crippen molar-refractivity contribution in [3.05, 3.63) is 206 Å². The molecule has 0 radical (unpaired) electrons. The molecule has 0 spiro atoms. The number of para-hydroxylation sites is 3. The van der Waals surface area contributed by atoms with Crippen LogP contribution in [0.3, 0.4) is 0 Å². The number of furan rings is 1. The average Bonchev–Trinajstić information content (AvgIpc) is 3.79. The molecule has 11 aromatic rings. The van der Waals surface area contributed by atoms with E-state index in [1.807, 2.05) is 12.1 Å². The van der Waals surface area contributed by atoms with Gasteiger partial charge in [-0.25, -0.2) is 0 Å². The monoisotopic (exact) mass is 702 g/mol. The van der Waals surface area contributed by atoms with E-state index in [0.29, 0.717) is 0 Å². The first kappa shape index (κ1) is 31.2. The third-order valence-corrected chi connectivity index (χ3v) is 10.9. The number of fused-ring (bicyclic) bond motifs is 7. The number of hydrogen-bond acceptors (Lipinski definition) is 2. The van der Waals surface area contributed by atoms with Crippen molar-refractivity contribution in [1.29, 1.82) is 0 Å². The Labute approximate surface area is 318 Å². The van der Waals surface area contributed by atoms with Gasteiger partial charge in [0.1, 0.15) is 11.2 Å². The van der Waals surface area contributed by atoms with Crippen molar-refractivity contribution in [2.45, 2.75) is 0 Å². The van der Waals surface area contributed by atoms with Crippen molar-refractivity contribution < 1.29 is 4.42 Å². The van der Waals surface area contributed by atoms with Crippen LogP contribution in [0.2, 0.25) is 0 Å². The number of aromatic nitrogens is 1. The van der Waals surface area contributed by atoms with Gasteiger partial charge < -0.3 is 13.9 Å². The molecule has 0 N–H and O–H groups in total. The lowest BCUT2D eigenvalue weighted by Gasteiger charge is -2.27. The third kappa shape index (κ3) is 5.13. The van der Waals surface area contributed by atoms with Crippen molar-refractivity contribution >= 4 is 71.6 Å². The average molecular weight is 703 g/mol. The molecule has 2 aromatic heterocycles. The van der Waals surface area contributed by atoms with Crippen molar-refractivity contribution in [3.8, 4) is 27.9 Å². The quantitative estimate of drug-likeness (QED) is 0.172. The molecule has 9 aromatic carbocycles. The van der Waals surface area contributed by atoms with Crippen LogP contribution in [0.5, 0.6) is 0 Å². The Morgan fingerprint density at radius 2 is 0.964 bits per heavy atom. The zero-order chi connectivity index (χ0) is 36.3. The standard InChI is InChI=1S/C52H34N2O/c1-3-15-35(16-4-1)36-18-13-22-40(31-36)53(42-29-30-50-46(34-42)44-25-10-12-28-49(44)55-50)41-23-14-19-38(32-41)51-43-24-8-7-17-37(43)33-48-52(51)45-26-9-11-27-47(45)54(48)39-20-5-2-6-21-39/h1-34H. The molecule has 258 valence electrons. The van der Waals surface area contributed by atoms with Crippen molar-refractivity contribution in [2.75, 3.05) is 4.90 Å². The van der Waals surface area contributed by atoms with Crippen LogP contribution in [0.4, 0.5) is 17.1 Å². The van der Waals surface area contributed by atoms with Gasteiger partial charge in [0, 0.05) is 44.3 Å². The molecule has 0 aliphatic carbocycles. The summed E-state index contributed by atoms with van der Waals surface area (Å²) in [5.41, 5.74) is 13.3. The summed E-state index contributed by atoms with van der Waals surface area (Å²) in [6.07, 6.45) is 0. The van der Waals surface area contributed by atoms with Gasteiger partial charge in [-0.15, -0.1) is 0 Å². The molecule has 0 unspecified atom stereocenters. The minimum atomic E-state index is 0.879. The van der Waals surface area contributed by atoms with Gasteiger partial charge >= 0.3 is 0 Å². The van der Waals surface area contributed by atoms with E-state index in [-0.39, 0.29) is 0 Å². The maximum Gasteiger partial charge on any atom is 0.135 e. The molecule has 3 heteroatoms. The van der Waals surface area contributed by atoms with E-state index in [1.54, 1.807) is 0 Å². The Kier molecular flexibility index (Phi) is 7.17. The zero-order valence-electron chi connectivity index (χ0n) is 29.9.